The van der Waals surface area contributed by atoms with E-state index in [1.807, 2.05) is 6.07 Å². The van der Waals surface area contributed by atoms with Gasteiger partial charge in [-0.3, -0.25) is 4.79 Å². The van der Waals surface area contributed by atoms with Crippen molar-refractivity contribution in [3.05, 3.63) is 29.6 Å². The van der Waals surface area contributed by atoms with E-state index in [0.29, 0.717) is 18.6 Å². The maximum absolute atomic E-state index is 13.4. The number of nitrogens with two attached hydrogens (primary N) is 1. The minimum Gasteiger partial charge on any atom is -0.461 e. The average molecular weight is 240 g/mol. The van der Waals surface area contributed by atoms with Crippen molar-refractivity contribution in [2.75, 3.05) is 25.0 Å². The Balaban J connectivity index is 2.71. The van der Waals surface area contributed by atoms with Crippen LogP contribution in [0.1, 0.15) is 5.56 Å². The summed E-state index contributed by atoms with van der Waals surface area (Å²) in [6, 6.07) is 4.97. The summed E-state index contributed by atoms with van der Waals surface area (Å²) in [7, 11) is 1.79. The van der Waals surface area contributed by atoms with Crippen LogP contribution in [0.15, 0.2) is 18.2 Å². The fourth-order valence-corrected chi connectivity index (χ4v) is 1.48. The molecule has 1 rings (SSSR count). The molecule has 0 saturated carbocycles. The Morgan fingerprint density at radius 3 is 2.82 bits per heavy atom. The molecular formula is C12H17FN2O2. The van der Waals surface area contributed by atoms with Crippen LogP contribution in [0.25, 0.3) is 0 Å². The first-order valence-electron chi connectivity index (χ1n) is 5.35. The van der Waals surface area contributed by atoms with Crippen LogP contribution in [0.3, 0.4) is 0 Å². The molecule has 0 amide bonds. The molecule has 94 valence electrons. The molecule has 0 fully saturated rings. The molecule has 1 unspecified atom stereocenters. The van der Waals surface area contributed by atoms with Crippen molar-refractivity contribution in [2.45, 2.75) is 13.0 Å². The predicted octanol–water partition coefficient (Wildman–Crippen LogP) is 1.07. The molecule has 0 bridgehead atoms. The second-order valence-corrected chi connectivity index (χ2v) is 3.90. The Labute approximate surface area is 100 Å². The molecule has 0 aliphatic rings. The van der Waals surface area contributed by atoms with Crippen molar-refractivity contribution in [3.8, 4) is 0 Å². The Hall–Kier alpha value is -1.62. The minimum atomic E-state index is -0.387. The summed E-state index contributed by atoms with van der Waals surface area (Å²) < 4.78 is 18.2. The molecule has 2 N–H and O–H groups in total. The van der Waals surface area contributed by atoms with E-state index < -0.39 is 0 Å². The minimum absolute atomic E-state index is 0.234. The summed E-state index contributed by atoms with van der Waals surface area (Å²) in [5.41, 5.74) is 6.78. The topological polar surface area (TPSA) is 55.6 Å². The normalized spacial score (nSPS) is 12.0. The number of hydrogen-bond acceptors (Lipinski definition) is 4. The molecule has 0 saturated heterocycles. The largest absolute Gasteiger partial charge is 0.461 e. The van der Waals surface area contributed by atoms with Gasteiger partial charge in [-0.15, -0.1) is 0 Å². The van der Waals surface area contributed by atoms with Gasteiger partial charge < -0.3 is 15.4 Å². The van der Waals surface area contributed by atoms with E-state index in [9.17, 15) is 9.18 Å². The average Bonchev–Trinajstić information content (AvgIpc) is 2.31. The van der Waals surface area contributed by atoms with Crippen molar-refractivity contribution < 1.29 is 13.9 Å². The summed E-state index contributed by atoms with van der Waals surface area (Å²) in [6.45, 7) is 2.74. The number of aryl methyl sites for hydroxylation is 1. The van der Waals surface area contributed by atoms with Gasteiger partial charge in [0.2, 0.25) is 0 Å². The van der Waals surface area contributed by atoms with Crippen LogP contribution in [-0.4, -0.2) is 32.7 Å². The highest BCUT2D eigenvalue weighted by atomic mass is 19.1. The smallest absolute Gasteiger partial charge is 0.293 e. The third-order valence-electron chi connectivity index (χ3n) is 2.58. The van der Waals surface area contributed by atoms with E-state index in [-0.39, 0.29) is 18.5 Å². The third-order valence-corrected chi connectivity index (χ3v) is 2.58. The zero-order valence-corrected chi connectivity index (χ0v) is 10.0. The highest BCUT2D eigenvalue weighted by Gasteiger charge is 2.12. The van der Waals surface area contributed by atoms with Gasteiger partial charge in [-0.25, -0.2) is 4.39 Å². The summed E-state index contributed by atoms with van der Waals surface area (Å²) >= 11 is 0. The monoisotopic (exact) mass is 240 g/mol. The summed E-state index contributed by atoms with van der Waals surface area (Å²) in [5.74, 6) is -0.255. The number of nitrogens with zero attached hydrogens (tertiary/aromatic N) is 1. The van der Waals surface area contributed by atoms with Gasteiger partial charge in [-0.2, -0.15) is 0 Å². The molecule has 1 aromatic rings. The van der Waals surface area contributed by atoms with Crippen LogP contribution in [0.4, 0.5) is 10.1 Å². The lowest BCUT2D eigenvalue weighted by molar-refractivity contribution is -0.132. The van der Waals surface area contributed by atoms with Gasteiger partial charge in [0.05, 0.1) is 6.54 Å². The van der Waals surface area contributed by atoms with Gasteiger partial charge in [0.1, 0.15) is 11.9 Å². The first-order valence-corrected chi connectivity index (χ1v) is 5.35. The van der Waals surface area contributed by atoms with E-state index in [2.05, 4.69) is 0 Å². The van der Waals surface area contributed by atoms with Crippen LogP contribution in [-0.2, 0) is 9.53 Å². The fourth-order valence-electron chi connectivity index (χ4n) is 1.48. The highest BCUT2D eigenvalue weighted by molar-refractivity contribution is 5.47. The van der Waals surface area contributed by atoms with Crippen LogP contribution in [0.2, 0.25) is 0 Å². The number of ether oxygens (including phenoxy) is 1. The summed E-state index contributed by atoms with van der Waals surface area (Å²) in [6.07, 6.45) is -0.387. The first-order chi connectivity index (χ1) is 8.08. The molecule has 0 aliphatic heterocycles. The lowest BCUT2D eigenvalue weighted by Crippen LogP contribution is -2.36. The maximum atomic E-state index is 13.4. The Morgan fingerprint density at radius 1 is 1.59 bits per heavy atom. The molecule has 0 aromatic heterocycles. The third kappa shape index (κ3) is 3.71. The molecule has 0 radical (unpaired) electrons. The van der Waals surface area contributed by atoms with Gasteiger partial charge in [-0.1, -0.05) is 6.07 Å². The number of carbonyl (C=O) groups is 1. The summed E-state index contributed by atoms with van der Waals surface area (Å²) in [4.78, 5) is 12.0. The number of likely N-dealkylation sites (N-methyl/N-ethyl adjacent to an activating group) is 1. The quantitative estimate of drug-likeness (QED) is 0.756. The number of hydrogen-bond donors (Lipinski definition) is 1. The Morgan fingerprint density at radius 2 is 2.29 bits per heavy atom. The lowest BCUT2D eigenvalue weighted by Gasteiger charge is -2.24. The van der Waals surface area contributed by atoms with Crippen LogP contribution in [0, 0.1) is 12.7 Å². The molecule has 17 heavy (non-hydrogen) atoms. The zero-order chi connectivity index (χ0) is 12.8. The van der Waals surface area contributed by atoms with E-state index in [1.54, 1.807) is 24.9 Å². The summed E-state index contributed by atoms with van der Waals surface area (Å²) in [5, 5.41) is 0. The van der Waals surface area contributed by atoms with E-state index >= 15 is 0 Å². The van der Waals surface area contributed by atoms with Gasteiger partial charge in [0.15, 0.2) is 0 Å². The highest BCUT2D eigenvalue weighted by Crippen LogP contribution is 2.17. The second kappa shape index (κ2) is 6.20. The molecule has 1 aromatic carbocycles. The molecule has 0 spiro atoms. The van der Waals surface area contributed by atoms with E-state index in [1.165, 1.54) is 6.07 Å². The van der Waals surface area contributed by atoms with Crippen molar-refractivity contribution in [1.82, 2.24) is 0 Å². The number of carbonyl (C=O) groups excluding carboxylic acids is 1. The van der Waals surface area contributed by atoms with Crippen LogP contribution < -0.4 is 10.6 Å². The number of halogens is 1. The second-order valence-electron chi connectivity index (χ2n) is 3.90. The van der Waals surface area contributed by atoms with Crippen molar-refractivity contribution >= 4 is 12.2 Å². The number of benzene rings is 1. The molecule has 0 aliphatic carbocycles. The van der Waals surface area contributed by atoms with Crippen molar-refractivity contribution in [2.24, 2.45) is 5.73 Å². The predicted molar refractivity (Wildman–Crippen MR) is 64.4 cm³/mol. The van der Waals surface area contributed by atoms with Gasteiger partial charge in [0, 0.05) is 19.3 Å². The molecule has 0 heterocycles. The molecule has 4 nitrogen and oxygen atoms in total. The van der Waals surface area contributed by atoms with E-state index in [0.717, 1.165) is 5.69 Å². The maximum Gasteiger partial charge on any atom is 0.293 e. The van der Waals surface area contributed by atoms with Gasteiger partial charge >= 0.3 is 0 Å². The standard InChI is InChI=1S/C12H17FN2O2/c1-9-3-4-10(5-12(9)13)15(2)7-11(6-14)17-8-16/h3-5,8,11H,6-7,14H2,1-2H3. The van der Waals surface area contributed by atoms with Crippen molar-refractivity contribution in [3.63, 3.8) is 0 Å². The molecular weight excluding hydrogens is 223 g/mol. The lowest BCUT2D eigenvalue weighted by atomic mass is 10.2. The Bertz CT molecular complexity index is 385. The van der Waals surface area contributed by atoms with Crippen molar-refractivity contribution in [1.29, 1.82) is 0 Å². The number of anilines is 1. The van der Waals surface area contributed by atoms with Gasteiger partial charge in [-0.05, 0) is 24.6 Å². The first kappa shape index (κ1) is 13.4. The zero-order valence-electron chi connectivity index (χ0n) is 10.0. The molecule has 5 heteroatoms. The van der Waals surface area contributed by atoms with Crippen LogP contribution >= 0.6 is 0 Å². The molecule has 1 atom stereocenters. The van der Waals surface area contributed by atoms with E-state index in [4.69, 9.17) is 10.5 Å². The SMILES string of the molecule is Cc1ccc(N(C)CC(CN)OC=O)cc1F. The Kier molecular flexibility index (Phi) is 4.90. The van der Waals surface area contributed by atoms with Crippen LogP contribution in [0.5, 0.6) is 0 Å². The fraction of sp³-hybridized carbons (Fsp3) is 0.417. The van der Waals surface area contributed by atoms with Gasteiger partial charge in [0.25, 0.3) is 6.47 Å². The number of rotatable bonds is 6.